The highest BCUT2D eigenvalue weighted by Crippen LogP contribution is 2.20. The van der Waals surface area contributed by atoms with Crippen molar-refractivity contribution >= 4 is 5.78 Å². The summed E-state index contributed by atoms with van der Waals surface area (Å²) < 4.78 is 11.3. The fourth-order valence-electron chi connectivity index (χ4n) is 3.06. The van der Waals surface area contributed by atoms with Crippen LogP contribution >= 0.6 is 0 Å². The quantitative estimate of drug-likeness (QED) is 0.585. The van der Waals surface area contributed by atoms with Gasteiger partial charge < -0.3 is 9.47 Å². The van der Waals surface area contributed by atoms with Crippen LogP contribution in [0.1, 0.15) is 77.0 Å². The third kappa shape index (κ3) is 6.75. The molecule has 1 heterocycles. The number of ketones is 1. The SMILES string of the molecule is O=C1CCCC=C1CCCCCCCOC1CCCCO1. The summed E-state index contributed by atoms with van der Waals surface area (Å²) in [4.78, 5) is 11.7. The number of carbonyl (C=O) groups is 1. The van der Waals surface area contributed by atoms with E-state index in [9.17, 15) is 4.79 Å². The lowest BCUT2D eigenvalue weighted by Gasteiger charge is -2.22. The largest absolute Gasteiger partial charge is 0.353 e. The van der Waals surface area contributed by atoms with Crippen LogP contribution in [0.2, 0.25) is 0 Å². The summed E-state index contributed by atoms with van der Waals surface area (Å²) in [5, 5.41) is 0. The Balaban J connectivity index is 1.40. The highest BCUT2D eigenvalue weighted by molar-refractivity contribution is 5.95. The Morgan fingerprint density at radius 2 is 1.95 bits per heavy atom. The zero-order valence-electron chi connectivity index (χ0n) is 13.3. The molecule has 1 fully saturated rings. The molecule has 3 nitrogen and oxygen atoms in total. The van der Waals surface area contributed by atoms with Crippen molar-refractivity contribution in [2.24, 2.45) is 0 Å². The predicted molar refractivity (Wildman–Crippen MR) is 84.2 cm³/mol. The molecule has 0 aromatic rings. The van der Waals surface area contributed by atoms with E-state index in [1.54, 1.807) is 0 Å². The molecule has 0 N–H and O–H groups in total. The Morgan fingerprint density at radius 1 is 1.10 bits per heavy atom. The molecule has 1 saturated heterocycles. The van der Waals surface area contributed by atoms with Gasteiger partial charge in [0.2, 0.25) is 0 Å². The lowest BCUT2D eigenvalue weighted by Crippen LogP contribution is -2.22. The van der Waals surface area contributed by atoms with Crippen molar-refractivity contribution < 1.29 is 14.3 Å². The van der Waals surface area contributed by atoms with Crippen molar-refractivity contribution in [1.82, 2.24) is 0 Å². The number of ether oxygens (including phenoxy) is 2. The number of hydrogen-bond donors (Lipinski definition) is 0. The molecule has 1 aliphatic carbocycles. The highest BCUT2D eigenvalue weighted by Gasteiger charge is 2.14. The second kappa shape index (κ2) is 10.1. The molecule has 1 unspecified atom stereocenters. The van der Waals surface area contributed by atoms with E-state index in [1.807, 2.05) is 0 Å². The smallest absolute Gasteiger partial charge is 0.158 e. The van der Waals surface area contributed by atoms with Gasteiger partial charge in [0.25, 0.3) is 0 Å². The number of carbonyl (C=O) groups excluding carboxylic acids is 1. The lowest BCUT2D eigenvalue weighted by atomic mass is 9.94. The van der Waals surface area contributed by atoms with Crippen LogP contribution < -0.4 is 0 Å². The molecule has 2 aliphatic rings. The van der Waals surface area contributed by atoms with Crippen LogP contribution in [0, 0.1) is 0 Å². The first-order valence-corrected chi connectivity index (χ1v) is 8.82. The minimum atomic E-state index is 0.0583. The molecular formula is C18H30O3. The minimum absolute atomic E-state index is 0.0583. The zero-order chi connectivity index (χ0) is 14.8. The van der Waals surface area contributed by atoms with Gasteiger partial charge in [-0.25, -0.2) is 0 Å². The topological polar surface area (TPSA) is 35.5 Å². The van der Waals surface area contributed by atoms with Crippen LogP contribution in [0.25, 0.3) is 0 Å². The fourth-order valence-corrected chi connectivity index (χ4v) is 3.06. The van der Waals surface area contributed by atoms with Crippen molar-refractivity contribution in [1.29, 1.82) is 0 Å². The van der Waals surface area contributed by atoms with E-state index in [4.69, 9.17) is 9.47 Å². The molecule has 0 bridgehead atoms. The van der Waals surface area contributed by atoms with Crippen LogP contribution in [0.5, 0.6) is 0 Å². The van der Waals surface area contributed by atoms with Gasteiger partial charge in [-0.15, -0.1) is 0 Å². The average molecular weight is 294 g/mol. The first kappa shape index (κ1) is 16.7. The zero-order valence-corrected chi connectivity index (χ0v) is 13.3. The summed E-state index contributed by atoms with van der Waals surface area (Å²) in [5.74, 6) is 0.391. The maximum absolute atomic E-state index is 11.7. The molecular weight excluding hydrogens is 264 g/mol. The van der Waals surface area contributed by atoms with E-state index in [1.165, 1.54) is 32.1 Å². The molecule has 0 amide bonds. The summed E-state index contributed by atoms with van der Waals surface area (Å²) in [6.07, 6.45) is 15.6. The van der Waals surface area contributed by atoms with E-state index in [2.05, 4.69) is 6.08 Å². The van der Waals surface area contributed by atoms with Crippen molar-refractivity contribution in [2.45, 2.75) is 83.3 Å². The first-order valence-electron chi connectivity index (χ1n) is 8.82. The summed E-state index contributed by atoms with van der Waals surface area (Å²) in [6.45, 7) is 1.69. The standard InChI is InChI=1S/C18H30O3/c19-17-12-6-5-11-16(17)10-4-2-1-3-8-14-20-18-13-7-9-15-21-18/h11,18H,1-10,12-15H2. The van der Waals surface area contributed by atoms with Crippen molar-refractivity contribution in [2.75, 3.05) is 13.2 Å². The monoisotopic (exact) mass is 294 g/mol. The van der Waals surface area contributed by atoms with Gasteiger partial charge >= 0.3 is 0 Å². The molecule has 0 spiro atoms. The van der Waals surface area contributed by atoms with Gasteiger partial charge in [-0.3, -0.25) is 4.79 Å². The molecule has 0 aromatic heterocycles. The highest BCUT2D eigenvalue weighted by atomic mass is 16.7. The second-order valence-electron chi connectivity index (χ2n) is 6.23. The summed E-state index contributed by atoms with van der Waals surface area (Å²) >= 11 is 0. The molecule has 0 radical (unpaired) electrons. The van der Waals surface area contributed by atoms with Gasteiger partial charge in [-0.1, -0.05) is 25.3 Å². The third-order valence-corrected chi connectivity index (χ3v) is 4.39. The maximum Gasteiger partial charge on any atom is 0.158 e. The van der Waals surface area contributed by atoms with Gasteiger partial charge in [-0.2, -0.15) is 0 Å². The summed E-state index contributed by atoms with van der Waals surface area (Å²) in [7, 11) is 0. The molecule has 21 heavy (non-hydrogen) atoms. The Bertz CT molecular complexity index is 329. The molecule has 0 saturated carbocycles. The normalized spacial score (nSPS) is 23.1. The predicted octanol–water partition coefficient (Wildman–Crippen LogP) is 4.55. The van der Waals surface area contributed by atoms with E-state index in [0.717, 1.165) is 63.7 Å². The van der Waals surface area contributed by atoms with Crippen LogP contribution in [-0.4, -0.2) is 25.3 Å². The molecule has 2 rings (SSSR count). The molecule has 0 aromatic carbocycles. The van der Waals surface area contributed by atoms with Crippen LogP contribution in [-0.2, 0) is 14.3 Å². The van der Waals surface area contributed by atoms with Gasteiger partial charge in [0.15, 0.2) is 12.1 Å². The number of allylic oxidation sites excluding steroid dienone is 2. The van der Waals surface area contributed by atoms with E-state index in [0.29, 0.717) is 5.78 Å². The molecule has 1 atom stereocenters. The van der Waals surface area contributed by atoms with Crippen molar-refractivity contribution in [3.63, 3.8) is 0 Å². The van der Waals surface area contributed by atoms with Crippen LogP contribution in [0.15, 0.2) is 11.6 Å². The van der Waals surface area contributed by atoms with Gasteiger partial charge in [0.05, 0.1) is 0 Å². The lowest BCUT2D eigenvalue weighted by molar-refractivity contribution is -0.162. The first-order chi connectivity index (χ1) is 10.4. The number of unbranched alkanes of at least 4 members (excludes halogenated alkanes) is 4. The van der Waals surface area contributed by atoms with E-state index >= 15 is 0 Å². The van der Waals surface area contributed by atoms with E-state index in [-0.39, 0.29) is 6.29 Å². The number of hydrogen-bond acceptors (Lipinski definition) is 3. The van der Waals surface area contributed by atoms with Gasteiger partial charge in [-0.05, 0) is 56.9 Å². The second-order valence-corrected chi connectivity index (χ2v) is 6.23. The summed E-state index contributed by atoms with van der Waals surface area (Å²) in [5.41, 5.74) is 1.10. The molecule has 1 aliphatic heterocycles. The summed E-state index contributed by atoms with van der Waals surface area (Å²) in [6, 6.07) is 0. The minimum Gasteiger partial charge on any atom is -0.353 e. The Morgan fingerprint density at radius 3 is 2.76 bits per heavy atom. The van der Waals surface area contributed by atoms with Crippen molar-refractivity contribution in [3.05, 3.63) is 11.6 Å². The van der Waals surface area contributed by atoms with E-state index < -0.39 is 0 Å². The van der Waals surface area contributed by atoms with Crippen LogP contribution in [0.3, 0.4) is 0 Å². The van der Waals surface area contributed by atoms with Gasteiger partial charge in [0, 0.05) is 19.6 Å². The molecule has 3 heteroatoms. The molecule has 120 valence electrons. The van der Waals surface area contributed by atoms with Gasteiger partial charge in [0.1, 0.15) is 0 Å². The maximum atomic E-state index is 11.7. The Hall–Kier alpha value is -0.670. The third-order valence-electron chi connectivity index (χ3n) is 4.39. The Kier molecular flexibility index (Phi) is 8.05. The Labute approximate surface area is 129 Å². The number of Topliss-reactive ketones (excluding diaryl/α,β-unsaturated/α-hetero) is 1. The van der Waals surface area contributed by atoms with Crippen molar-refractivity contribution in [3.8, 4) is 0 Å². The average Bonchev–Trinajstić information content (AvgIpc) is 2.52. The fraction of sp³-hybridized carbons (Fsp3) is 0.833. The number of rotatable bonds is 9. The van der Waals surface area contributed by atoms with Crippen LogP contribution in [0.4, 0.5) is 0 Å².